The summed E-state index contributed by atoms with van der Waals surface area (Å²) in [5.74, 6) is -1.09. The van der Waals surface area contributed by atoms with Crippen molar-refractivity contribution in [2.24, 2.45) is 23.7 Å². The van der Waals surface area contributed by atoms with Gasteiger partial charge in [-0.3, -0.25) is 29.4 Å². The molecule has 180 valence electrons. The summed E-state index contributed by atoms with van der Waals surface area (Å²) in [6.45, 7) is 2.16. The van der Waals surface area contributed by atoms with E-state index in [4.69, 9.17) is 11.6 Å². The Hall–Kier alpha value is -3.72. The number of hydrogen-bond donors (Lipinski definition) is 2. The minimum atomic E-state index is -0.576. The molecule has 1 saturated heterocycles. The fourth-order valence-corrected chi connectivity index (χ4v) is 5.57. The van der Waals surface area contributed by atoms with Crippen LogP contribution in [0.4, 0.5) is 17.1 Å². The van der Waals surface area contributed by atoms with Crippen molar-refractivity contribution in [2.45, 2.75) is 13.3 Å². The van der Waals surface area contributed by atoms with Crippen molar-refractivity contribution >= 4 is 46.4 Å². The van der Waals surface area contributed by atoms with E-state index >= 15 is 0 Å². The van der Waals surface area contributed by atoms with Crippen molar-refractivity contribution < 1.29 is 19.3 Å². The highest BCUT2D eigenvalue weighted by atomic mass is 35.5. The van der Waals surface area contributed by atoms with Crippen LogP contribution in [0, 0.1) is 40.7 Å². The zero-order chi connectivity index (χ0) is 24.9. The van der Waals surface area contributed by atoms with E-state index in [9.17, 15) is 24.5 Å². The van der Waals surface area contributed by atoms with Gasteiger partial charge < -0.3 is 10.6 Å². The highest BCUT2D eigenvalue weighted by Crippen LogP contribution is 2.52. The van der Waals surface area contributed by atoms with Crippen LogP contribution in [0.1, 0.15) is 22.3 Å². The van der Waals surface area contributed by atoms with Gasteiger partial charge in [-0.25, -0.2) is 0 Å². The molecule has 3 aliphatic rings. The van der Waals surface area contributed by atoms with E-state index in [0.29, 0.717) is 16.4 Å². The number of allylic oxidation sites excluding steroid dienone is 2. The van der Waals surface area contributed by atoms with E-state index in [-0.39, 0.29) is 59.8 Å². The van der Waals surface area contributed by atoms with Gasteiger partial charge in [0.15, 0.2) is 0 Å². The summed E-state index contributed by atoms with van der Waals surface area (Å²) < 4.78 is 0. The molecule has 1 aliphatic heterocycles. The highest BCUT2D eigenvalue weighted by Gasteiger charge is 2.58. The molecule has 9 nitrogen and oxygen atoms in total. The number of halogens is 1. The number of rotatable bonds is 7. The van der Waals surface area contributed by atoms with Crippen LogP contribution in [0.2, 0.25) is 5.02 Å². The number of carbonyl (C=O) groups is 3. The molecule has 2 aromatic carbocycles. The fourth-order valence-electron chi connectivity index (χ4n) is 5.39. The number of imide groups is 1. The van der Waals surface area contributed by atoms with E-state index < -0.39 is 10.8 Å². The molecule has 2 bridgehead atoms. The van der Waals surface area contributed by atoms with Gasteiger partial charge in [0.1, 0.15) is 0 Å². The summed E-state index contributed by atoms with van der Waals surface area (Å²) in [6.07, 6.45) is 4.95. The maximum absolute atomic E-state index is 13.1. The number of benzene rings is 2. The molecule has 35 heavy (non-hydrogen) atoms. The SMILES string of the molecule is Cc1ccc(Cl)cc1NC(=O)c1cc([N+](=O)[O-])ccc1NCCN1C(=O)[C@@H]2[C@@H](C1=O)[C@H]1C=C[C@H]2C1. The Morgan fingerprint density at radius 1 is 1.09 bits per heavy atom. The average molecular weight is 495 g/mol. The van der Waals surface area contributed by atoms with Crippen molar-refractivity contribution in [3.8, 4) is 0 Å². The van der Waals surface area contributed by atoms with Gasteiger partial charge in [-0.1, -0.05) is 29.8 Å². The van der Waals surface area contributed by atoms with Crippen molar-refractivity contribution in [1.82, 2.24) is 4.90 Å². The van der Waals surface area contributed by atoms with Crippen LogP contribution < -0.4 is 10.6 Å². The average Bonchev–Trinajstić information content (AvgIpc) is 3.51. The maximum Gasteiger partial charge on any atom is 0.270 e. The lowest BCUT2D eigenvalue weighted by Gasteiger charge is -2.19. The Morgan fingerprint density at radius 3 is 2.43 bits per heavy atom. The summed E-state index contributed by atoms with van der Waals surface area (Å²) in [5.41, 5.74) is 1.46. The molecule has 1 heterocycles. The highest BCUT2D eigenvalue weighted by molar-refractivity contribution is 6.31. The van der Waals surface area contributed by atoms with E-state index in [2.05, 4.69) is 10.6 Å². The Balaban J connectivity index is 1.31. The molecule has 4 atom stereocenters. The molecule has 2 fully saturated rings. The van der Waals surface area contributed by atoms with Gasteiger partial charge in [0.05, 0.1) is 22.3 Å². The molecular weight excluding hydrogens is 472 g/mol. The van der Waals surface area contributed by atoms with Crippen LogP contribution >= 0.6 is 11.6 Å². The first-order valence-electron chi connectivity index (χ1n) is 11.4. The fraction of sp³-hybridized carbons (Fsp3) is 0.320. The number of hydrogen-bond acceptors (Lipinski definition) is 6. The number of nitrogens with zero attached hydrogens (tertiary/aromatic N) is 2. The van der Waals surface area contributed by atoms with Crippen molar-refractivity contribution in [1.29, 1.82) is 0 Å². The summed E-state index contributed by atoms with van der Waals surface area (Å²) in [4.78, 5) is 50.9. The molecule has 5 rings (SSSR count). The lowest BCUT2D eigenvalue weighted by Crippen LogP contribution is -2.36. The van der Waals surface area contributed by atoms with Crippen LogP contribution in [0.25, 0.3) is 0 Å². The lowest BCUT2D eigenvalue weighted by molar-refractivity contribution is -0.384. The number of anilines is 2. The summed E-state index contributed by atoms with van der Waals surface area (Å²) >= 11 is 6.04. The number of aryl methyl sites for hydroxylation is 1. The number of likely N-dealkylation sites (tertiary alicyclic amines) is 1. The molecule has 0 radical (unpaired) electrons. The largest absolute Gasteiger partial charge is 0.383 e. The third-order valence-electron chi connectivity index (χ3n) is 7.12. The first-order chi connectivity index (χ1) is 16.7. The molecule has 0 unspecified atom stereocenters. The lowest BCUT2D eigenvalue weighted by atomic mass is 9.85. The first-order valence-corrected chi connectivity index (χ1v) is 11.8. The predicted octanol–water partition coefficient (Wildman–Crippen LogP) is 4.03. The maximum atomic E-state index is 13.1. The number of amides is 3. The molecule has 0 aromatic heterocycles. The molecule has 10 heteroatoms. The topological polar surface area (TPSA) is 122 Å². The monoisotopic (exact) mass is 494 g/mol. The van der Waals surface area contributed by atoms with Crippen LogP contribution in [-0.4, -0.2) is 40.6 Å². The number of nitro groups is 1. The van der Waals surface area contributed by atoms with Crippen molar-refractivity contribution in [2.75, 3.05) is 23.7 Å². The Labute approximate surface area is 206 Å². The van der Waals surface area contributed by atoms with Gasteiger partial charge in [-0.15, -0.1) is 0 Å². The van der Waals surface area contributed by atoms with Crippen LogP contribution in [0.3, 0.4) is 0 Å². The van der Waals surface area contributed by atoms with Crippen molar-refractivity contribution in [3.63, 3.8) is 0 Å². The van der Waals surface area contributed by atoms with E-state index in [0.717, 1.165) is 12.0 Å². The summed E-state index contributed by atoms with van der Waals surface area (Å²) in [6, 6.07) is 8.99. The third-order valence-corrected chi connectivity index (χ3v) is 7.35. The normalized spacial score (nSPS) is 24.1. The zero-order valence-corrected chi connectivity index (χ0v) is 19.6. The van der Waals surface area contributed by atoms with Gasteiger partial charge in [0, 0.05) is 41.6 Å². The number of non-ortho nitro benzene ring substituents is 1. The minimum absolute atomic E-state index is 0.0664. The van der Waals surface area contributed by atoms with Crippen LogP contribution in [0.5, 0.6) is 0 Å². The molecule has 2 N–H and O–H groups in total. The van der Waals surface area contributed by atoms with Gasteiger partial charge in [-0.2, -0.15) is 0 Å². The number of carbonyl (C=O) groups excluding carboxylic acids is 3. The van der Waals surface area contributed by atoms with E-state index in [1.54, 1.807) is 25.1 Å². The first kappa shape index (κ1) is 23.0. The minimum Gasteiger partial charge on any atom is -0.383 e. The van der Waals surface area contributed by atoms with Gasteiger partial charge >= 0.3 is 0 Å². The molecule has 1 saturated carbocycles. The second kappa shape index (κ2) is 8.81. The quantitative estimate of drug-likeness (QED) is 0.259. The summed E-state index contributed by atoms with van der Waals surface area (Å²) in [5, 5.41) is 17.6. The number of fused-ring (bicyclic) bond motifs is 5. The molecular formula is C25H23ClN4O5. The number of nitro benzene ring substituents is 1. The van der Waals surface area contributed by atoms with Crippen LogP contribution in [0.15, 0.2) is 48.6 Å². The van der Waals surface area contributed by atoms with Crippen LogP contribution in [-0.2, 0) is 9.59 Å². The van der Waals surface area contributed by atoms with E-state index in [1.807, 2.05) is 12.2 Å². The Morgan fingerprint density at radius 2 is 1.77 bits per heavy atom. The van der Waals surface area contributed by atoms with Gasteiger partial charge in [0.25, 0.3) is 11.6 Å². The second-order valence-electron chi connectivity index (χ2n) is 9.16. The number of nitrogens with one attached hydrogen (secondary N) is 2. The third kappa shape index (κ3) is 4.05. The second-order valence-corrected chi connectivity index (χ2v) is 9.59. The van der Waals surface area contributed by atoms with Gasteiger partial charge in [-0.05, 0) is 48.9 Å². The smallest absolute Gasteiger partial charge is 0.270 e. The van der Waals surface area contributed by atoms with Crippen molar-refractivity contribution in [3.05, 3.63) is 74.8 Å². The zero-order valence-electron chi connectivity index (χ0n) is 18.9. The standard InChI is InChI=1S/C25H23ClN4O5/c1-13-2-5-16(26)11-20(13)28-23(31)18-12-17(30(34)35)6-7-19(18)27-8-9-29-24(32)21-14-3-4-15(10-14)22(21)25(29)33/h2-7,11-12,14-15,21-22,27H,8-10H2,1H3,(H,28,31)/t14-,15-,21-,22-/m0/s1. The predicted molar refractivity (Wildman–Crippen MR) is 130 cm³/mol. The van der Waals surface area contributed by atoms with Gasteiger partial charge in [0.2, 0.25) is 11.8 Å². The molecule has 3 amide bonds. The Bertz CT molecular complexity index is 1260. The Kier molecular flexibility index (Phi) is 5.80. The summed E-state index contributed by atoms with van der Waals surface area (Å²) in [7, 11) is 0. The molecule has 2 aliphatic carbocycles. The molecule has 2 aromatic rings. The molecule has 0 spiro atoms. The van der Waals surface area contributed by atoms with E-state index in [1.165, 1.54) is 23.1 Å².